The monoisotopic (exact) mass is 602 g/mol. The Morgan fingerprint density at radius 3 is 2.69 bits per heavy atom. The van der Waals surface area contributed by atoms with Crippen LogP contribution in [0, 0.1) is 0 Å². The molecule has 3 aliphatic heterocycles. The Balaban J connectivity index is 1.01. The van der Waals surface area contributed by atoms with Crippen LogP contribution < -0.4 is 15.4 Å². The topological polar surface area (TPSA) is 119 Å². The van der Waals surface area contributed by atoms with Gasteiger partial charge in [-0.05, 0) is 42.5 Å². The van der Waals surface area contributed by atoms with Crippen LogP contribution in [0.3, 0.4) is 0 Å². The summed E-state index contributed by atoms with van der Waals surface area (Å²) >= 11 is 3.15. The second kappa shape index (κ2) is 11.0. The van der Waals surface area contributed by atoms with Crippen LogP contribution in [-0.4, -0.2) is 65.7 Å². The van der Waals surface area contributed by atoms with Gasteiger partial charge in [-0.2, -0.15) is 0 Å². The molecule has 3 aliphatic rings. The van der Waals surface area contributed by atoms with Crippen molar-refractivity contribution >= 4 is 50.9 Å². The highest BCUT2D eigenvalue weighted by Gasteiger charge is 2.52. The average molecular weight is 603 g/mol. The molecule has 2 aromatic heterocycles. The van der Waals surface area contributed by atoms with Gasteiger partial charge in [-0.1, -0.05) is 23.9 Å². The number of amides is 3. The normalized spacial score (nSPS) is 18.4. The van der Waals surface area contributed by atoms with Crippen molar-refractivity contribution in [3.63, 3.8) is 0 Å². The second-order valence-electron chi connectivity index (χ2n) is 10.2. The van der Waals surface area contributed by atoms with Crippen molar-refractivity contribution in [1.82, 2.24) is 20.5 Å². The van der Waals surface area contributed by atoms with E-state index in [2.05, 4.69) is 15.6 Å². The summed E-state index contributed by atoms with van der Waals surface area (Å²) in [6, 6.07) is 16.0. The Labute approximate surface area is 249 Å². The number of fused-ring (bicyclic) bond motifs is 3. The molecule has 214 valence electrons. The number of hydrogen-bond donors (Lipinski definition) is 2. The van der Waals surface area contributed by atoms with Crippen molar-refractivity contribution in [3.05, 3.63) is 77.4 Å². The number of para-hydroxylation sites is 1. The molecule has 42 heavy (non-hydrogen) atoms. The predicted octanol–water partition coefficient (Wildman–Crippen LogP) is 3.94. The fourth-order valence-electron chi connectivity index (χ4n) is 5.39. The van der Waals surface area contributed by atoms with Gasteiger partial charge < -0.3 is 29.7 Å². The lowest BCUT2D eigenvalue weighted by Gasteiger charge is -2.24. The van der Waals surface area contributed by atoms with Crippen LogP contribution >= 0.6 is 23.1 Å². The summed E-state index contributed by atoms with van der Waals surface area (Å²) < 4.78 is 18.7. The molecule has 0 saturated carbocycles. The van der Waals surface area contributed by atoms with E-state index in [1.54, 1.807) is 47.6 Å². The van der Waals surface area contributed by atoms with Crippen molar-refractivity contribution < 1.29 is 28.6 Å². The van der Waals surface area contributed by atoms with Gasteiger partial charge in [-0.15, -0.1) is 11.3 Å². The molecule has 0 bridgehead atoms. The average Bonchev–Trinajstić information content (AvgIpc) is 3.75. The zero-order valence-electron chi connectivity index (χ0n) is 22.3. The van der Waals surface area contributed by atoms with E-state index in [-0.39, 0.29) is 25.4 Å². The van der Waals surface area contributed by atoms with Crippen LogP contribution in [0.1, 0.15) is 21.7 Å². The third-order valence-corrected chi connectivity index (χ3v) is 9.66. The van der Waals surface area contributed by atoms with E-state index in [0.717, 1.165) is 30.5 Å². The number of benzene rings is 2. The van der Waals surface area contributed by atoms with E-state index < -0.39 is 23.6 Å². The third-order valence-electron chi connectivity index (χ3n) is 7.43. The van der Waals surface area contributed by atoms with E-state index >= 15 is 0 Å². The molecule has 4 aromatic rings. The number of aromatic nitrogens is 1. The first-order valence-electron chi connectivity index (χ1n) is 13.5. The molecule has 0 unspecified atom stereocenters. The number of nitrogens with zero attached hydrogens (tertiary/aromatic N) is 2. The highest BCUT2D eigenvalue weighted by atomic mass is 32.2. The maximum atomic E-state index is 13.4. The Morgan fingerprint density at radius 2 is 1.83 bits per heavy atom. The van der Waals surface area contributed by atoms with Crippen molar-refractivity contribution in [3.8, 4) is 11.5 Å². The molecule has 5 heterocycles. The first kappa shape index (κ1) is 26.9. The quantitative estimate of drug-likeness (QED) is 0.300. The number of thiophene rings is 1. The Morgan fingerprint density at radius 1 is 1.00 bits per heavy atom. The summed E-state index contributed by atoms with van der Waals surface area (Å²) in [5.74, 6) is -0.815. The largest absolute Gasteiger partial charge is 0.455 e. The zero-order chi connectivity index (χ0) is 28.7. The van der Waals surface area contributed by atoms with Gasteiger partial charge in [0.05, 0.1) is 42.6 Å². The molecule has 10 nitrogen and oxygen atoms in total. The summed E-state index contributed by atoms with van der Waals surface area (Å²) in [5.41, 5.74) is 0.370. The van der Waals surface area contributed by atoms with Crippen molar-refractivity contribution in [2.75, 3.05) is 26.3 Å². The minimum Gasteiger partial charge on any atom is -0.455 e. The highest BCUT2D eigenvalue weighted by Crippen LogP contribution is 2.47. The standard InChI is InChI=1S/C30H26N4O6S2/c35-27(16-33-28(36)18-5-6-26-23(12-18)40-22-3-1-2-4-25(22)42-26)34-17-30(38-9-10-39-30)13-21(34)29(37)32-15-20-11-19-14-31-8-7-24(19)41-20/h1-8,11-12,14,21H,9-10,13,15-17H2,(H,32,37)(H,33,36)/t21-/m0/s1. The summed E-state index contributed by atoms with van der Waals surface area (Å²) in [7, 11) is 0. The zero-order valence-corrected chi connectivity index (χ0v) is 24.0. The number of nitrogens with one attached hydrogen (secondary N) is 2. The number of hydrogen-bond acceptors (Lipinski definition) is 9. The van der Waals surface area contributed by atoms with E-state index in [9.17, 15) is 14.4 Å². The molecular weight excluding hydrogens is 576 g/mol. The Bertz CT molecular complexity index is 1670. The van der Waals surface area contributed by atoms with Crippen molar-refractivity contribution in [2.24, 2.45) is 0 Å². The Hall–Kier alpha value is -3.97. The van der Waals surface area contributed by atoms with Gasteiger partial charge in [-0.25, -0.2) is 0 Å². The summed E-state index contributed by atoms with van der Waals surface area (Å²) in [6.45, 7) is 0.943. The number of carbonyl (C=O) groups is 3. The fourth-order valence-corrected chi connectivity index (χ4v) is 7.29. The lowest BCUT2D eigenvalue weighted by Crippen LogP contribution is -2.49. The van der Waals surface area contributed by atoms with Crippen LogP contribution in [0.15, 0.2) is 76.8 Å². The molecule has 7 rings (SSSR count). The van der Waals surface area contributed by atoms with Crippen LogP contribution in [0.25, 0.3) is 10.1 Å². The highest BCUT2D eigenvalue weighted by molar-refractivity contribution is 7.99. The first-order valence-corrected chi connectivity index (χ1v) is 15.1. The van der Waals surface area contributed by atoms with Crippen molar-refractivity contribution in [2.45, 2.75) is 34.6 Å². The number of rotatable bonds is 6. The minimum absolute atomic E-state index is 0.109. The molecule has 2 N–H and O–H groups in total. The lowest BCUT2D eigenvalue weighted by atomic mass is 10.1. The molecule has 3 amide bonds. The summed E-state index contributed by atoms with van der Waals surface area (Å²) in [6.07, 6.45) is 3.74. The summed E-state index contributed by atoms with van der Waals surface area (Å²) in [4.78, 5) is 48.2. The van der Waals surface area contributed by atoms with E-state index in [1.807, 2.05) is 42.5 Å². The fraction of sp³-hybridized carbons (Fsp3) is 0.267. The van der Waals surface area contributed by atoms with Crippen molar-refractivity contribution in [1.29, 1.82) is 0 Å². The van der Waals surface area contributed by atoms with Gasteiger partial charge in [-0.3, -0.25) is 19.4 Å². The van der Waals surface area contributed by atoms with E-state index in [4.69, 9.17) is 14.2 Å². The smallest absolute Gasteiger partial charge is 0.251 e. The SMILES string of the molecule is O=C(NCC(=O)N1CC2(C[C@H]1C(=O)NCc1cc3cnccc3s1)OCCO2)c1ccc2c(c1)Oc1ccccc1S2. The van der Waals surface area contributed by atoms with Crippen LogP contribution in [0.4, 0.5) is 0 Å². The summed E-state index contributed by atoms with van der Waals surface area (Å²) in [5, 5.41) is 6.68. The van der Waals surface area contributed by atoms with Crippen LogP contribution in [0.5, 0.6) is 11.5 Å². The molecule has 0 radical (unpaired) electrons. The van der Waals surface area contributed by atoms with Gasteiger partial charge in [0.15, 0.2) is 5.79 Å². The van der Waals surface area contributed by atoms with E-state index in [1.165, 1.54) is 4.90 Å². The third kappa shape index (κ3) is 5.22. The van der Waals surface area contributed by atoms with Gasteiger partial charge in [0.1, 0.15) is 17.5 Å². The molecule has 12 heteroatoms. The van der Waals surface area contributed by atoms with Crippen LogP contribution in [0.2, 0.25) is 0 Å². The maximum Gasteiger partial charge on any atom is 0.251 e. The molecule has 1 atom stereocenters. The number of pyridine rings is 1. The first-order chi connectivity index (χ1) is 20.5. The number of ether oxygens (including phenoxy) is 3. The van der Waals surface area contributed by atoms with Gasteiger partial charge in [0.2, 0.25) is 11.8 Å². The lowest BCUT2D eigenvalue weighted by molar-refractivity contribution is -0.152. The molecule has 2 saturated heterocycles. The number of carbonyl (C=O) groups excluding carboxylic acids is 3. The van der Waals surface area contributed by atoms with E-state index in [0.29, 0.717) is 31.1 Å². The van der Waals surface area contributed by atoms with Gasteiger partial charge in [0, 0.05) is 39.3 Å². The molecule has 2 aromatic carbocycles. The predicted molar refractivity (Wildman–Crippen MR) is 156 cm³/mol. The number of likely N-dealkylation sites (tertiary alicyclic amines) is 1. The Kier molecular flexibility index (Phi) is 7.06. The molecular formula is C30H26N4O6S2. The van der Waals surface area contributed by atoms with Gasteiger partial charge >= 0.3 is 0 Å². The molecule has 0 aliphatic carbocycles. The van der Waals surface area contributed by atoms with Gasteiger partial charge in [0.25, 0.3) is 5.91 Å². The molecule has 2 fully saturated rings. The molecule has 1 spiro atoms. The second-order valence-corrected chi connectivity index (χ2v) is 12.4. The maximum absolute atomic E-state index is 13.4. The minimum atomic E-state index is -1.02. The van der Waals surface area contributed by atoms with Crippen LogP contribution in [-0.2, 0) is 25.6 Å².